The quantitative estimate of drug-likeness (QED) is 0.733. The van der Waals surface area contributed by atoms with E-state index in [1.165, 1.54) is 0 Å². The molecular formula is C13H17ClO3. The summed E-state index contributed by atoms with van der Waals surface area (Å²) in [4.78, 5) is 11.8. The molecule has 0 heterocycles. The molecule has 0 saturated carbocycles. The van der Waals surface area contributed by atoms with Crippen molar-refractivity contribution < 1.29 is 14.3 Å². The summed E-state index contributed by atoms with van der Waals surface area (Å²) in [5.74, 6) is -0.362. The number of hydrogen-bond acceptors (Lipinski definition) is 3. The van der Waals surface area contributed by atoms with E-state index in [0.29, 0.717) is 23.8 Å². The number of esters is 1. The van der Waals surface area contributed by atoms with E-state index in [1.807, 2.05) is 13.8 Å². The zero-order valence-electron chi connectivity index (χ0n) is 10.1. The molecule has 0 fully saturated rings. The number of halogens is 1. The van der Waals surface area contributed by atoms with Crippen molar-refractivity contribution in [1.29, 1.82) is 0 Å². The summed E-state index contributed by atoms with van der Waals surface area (Å²) in [5.41, 5.74) is 0.465. The zero-order chi connectivity index (χ0) is 12.7. The Labute approximate surface area is 107 Å². The maximum absolute atomic E-state index is 11.8. The first-order chi connectivity index (χ1) is 8.17. The molecule has 0 aliphatic rings. The molecule has 1 aromatic carbocycles. The monoisotopic (exact) mass is 256 g/mol. The van der Waals surface area contributed by atoms with Crippen molar-refractivity contribution in [2.75, 3.05) is 13.2 Å². The lowest BCUT2D eigenvalue weighted by molar-refractivity contribution is -0.00312. The zero-order valence-corrected chi connectivity index (χ0v) is 10.9. The second-order valence-corrected chi connectivity index (χ2v) is 4.04. The summed E-state index contributed by atoms with van der Waals surface area (Å²) >= 11 is 5.81. The van der Waals surface area contributed by atoms with Crippen molar-refractivity contribution in [3.05, 3.63) is 34.9 Å². The molecule has 1 rings (SSSR count). The van der Waals surface area contributed by atoms with Gasteiger partial charge in [-0.25, -0.2) is 4.79 Å². The molecule has 1 atom stereocenters. The number of ether oxygens (including phenoxy) is 2. The highest BCUT2D eigenvalue weighted by Crippen LogP contribution is 2.13. The van der Waals surface area contributed by atoms with Crippen LogP contribution in [-0.2, 0) is 9.47 Å². The molecule has 1 unspecified atom stereocenters. The third kappa shape index (κ3) is 4.75. The first-order valence-corrected chi connectivity index (χ1v) is 6.09. The molecule has 0 N–H and O–H groups in total. The van der Waals surface area contributed by atoms with Crippen molar-refractivity contribution in [2.24, 2.45) is 0 Å². The summed E-state index contributed by atoms with van der Waals surface area (Å²) in [7, 11) is 0. The summed E-state index contributed by atoms with van der Waals surface area (Å²) in [6.45, 7) is 4.91. The second kappa shape index (κ2) is 7.30. The van der Waals surface area contributed by atoms with Gasteiger partial charge in [-0.2, -0.15) is 0 Å². The molecule has 0 aliphatic carbocycles. The molecule has 0 radical (unpaired) electrons. The Hall–Kier alpha value is -1.06. The van der Waals surface area contributed by atoms with Gasteiger partial charge in [-0.1, -0.05) is 24.6 Å². The fourth-order valence-electron chi connectivity index (χ4n) is 1.32. The Morgan fingerprint density at radius 3 is 2.76 bits per heavy atom. The first kappa shape index (κ1) is 14.0. The molecule has 0 aliphatic heterocycles. The lowest BCUT2D eigenvalue weighted by Gasteiger charge is -2.15. The van der Waals surface area contributed by atoms with Crippen LogP contribution in [-0.4, -0.2) is 25.3 Å². The minimum atomic E-state index is -0.362. The third-order valence-electron chi connectivity index (χ3n) is 2.30. The molecule has 3 nitrogen and oxygen atoms in total. The van der Waals surface area contributed by atoms with E-state index in [1.54, 1.807) is 24.3 Å². The van der Waals surface area contributed by atoms with E-state index >= 15 is 0 Å². The fourth-order valence-corrected chi connectivity index (χ4v) is 1.51. The van der Waals surface area contributed by atoms with Crippen LogP contribution in [0, 0.1) is 0 Å². The van der Waals surface area contributed by atoms with Crippen LogP contribution in [0.3, 0.4) is 0 Å². The van der Waals surface area contributed by atoms with Crippen molar-refractivity contribution >= 4 is 17.6 Å². The molecule has 4 heteroatoms. The minimum absolute atomic E-state index is 0.207. The van der Waals surface area contributed by atoms with Crippen LogP contribution in [0.1, 0.15) is 30.6 Å². The van der Waals surface area contributed by atoms with Gasteiger partial charge in [-0.05, 0) is 31.5 Å². The molecule has 1 aromatic rings. The predicted octanol–water partition coefficient (Wildman–Crippen LogP) is 3.31. The SMILES string of the molecule is CCOCC(CC)OC(=O)c1cccc(Cl)c1. The van der Waals surface area contributed by atoms with Crippen LogP contribution in [0.2, 0.25) is 5.02 Å². The van der Waals surface area contributed by atoms with Crippen molar-refractivity contribution in [1.82, 2.24) is 0 Å². The number of carbonyl (C=O) groups is 1. The van der Waals surface area contributed by atoms with Crippen molar-refractivity contribution in [2.45, 2.75) is 26.4 Å². The van der Waals surface area contributed by atoms with Crippen LogP contribution in [0.15, 0.2) is 24.3 Å². The average Bonchev–Trinajstić information content (AvgIpc) is 2.34. The molecule has 94 valence electrons. The normalized spacial score (nSPS) is 12.2. The van der Waals surface area contributed by atoms with E-state index in [-0.39, 0.29) is 12.1 Å². The fraction of sp³-hybridized carbons (Fsp3) is 0.462. The molecule has 0 amide bonds. The Bertz CT molecular complexity index is 365. The van der Waals surface area contributed by atoms with E-state index in [9.17, 15) is 4.79 Å². The first-order valence-electron chi connectivity index (χ1n) is 5.71. The maximum Gasteiger partial charge on any atom is 0.338 e. The van der Waals surface area contributed by atoms with Gasteiger partial charge in [-0.3, -0.25) is 0 Å². The van der Waals surface area contributed by atoms with Gasteiger partial charge in [-0.15, -0.1) is 0 Å². The number of rotatable bonds is 6. The largest absolute Gasteiger partial charge is 0.456 e. The lowest BCUT2D eigenvalue weighted by atomic mass is 10.2. The van der Waals surface area contributed by atoms with Crippen molar-refractivity contribution in [3.8, 4) is 0 Å². The topological polar surface area (TPSA) is 35.5 Å². The predicted molar refractivity (Wildman–Crippen MR) is 67.4 cm³/mol. The number of hydrogen-bond donors (Lipinski definition) is 0. The highest BCUT2D eigenvalue weighted by atomic mass is 35.5. The number of carbonyl (C=O) groups excluding carboxylic acids is 1. The summed E-state index contributed by atoms with van der Waals surface area (Å²) in [6, 6.07) is 6.72. The third-order valence-corrected chi connectivity index (χ3v) is 2.53. The minimum Gasteiger partial charge on any atom is -0.456 e. The van der Waals surface area contributed by atoms with E-state index in [0.717, 1.165) is 6.42 Å². The molecule has 0 bridgehead atoms. The van der Waals surface area contributed by atoms with Gasteiger partial charge in [0.1, 0.15) is 6.10 Å². The van der Waals surface area contributed by atoms with Crippen LogP contribution in [0.4, 0.5) is 0 Å². The summed E-state index contributed by atoms with van der Waals surface area (Å²) < 4.78 is 10.6. The highest BCUT2D eigenvalue weighted by molar-refractivity contribution is 6.30. The van der Waals surface area contributed by atoms with Crippen LogP contribution in [0.25, 0.3) is 0 Å². The lowest BCUT2D eigenvalue weighted by Crippen LogP contribution is -2.23. The standard InChI is InChI=1S/C13H17ClO3/c1-3-12(9-16-4-2)17-13(15)10-6-5-7-11(14)8-10/h5-8,12H,3-4,9H2,1-2H3. The summed E-state index contributed by atoms with van der Waals surface area (Å²) in [6.07, 6.45) is 0.521. The Kier molecular flexibility index (Phi) is 6.01. The Morgan fingerprint density at radius 2 is 2.18 bits per heavy atom. The molecule has 0 saturated heterocycles. The van der Waals surface area contributed by atoms with Gasteiger partial charge in [0.05, 0.1) is 12.2 Å². The maximum atomic E-state index is 11.8. The van der Waals surface area contributed by atoms with E-state index in [2.05, 4.69) is 0 Å². The van der Waals surface area contributed by atoms with Gasteiger partial charge in [0.2, 0.25) is 0 Å². The molecular weight excluding hydrogens is 240 g/mol. The van der Waals surface area contributed by atoms with Gasteiger partial charge >= 0.3 is 5.97 Å². The molecule has 0 aromatic heterocycles. The van der Waals surface area contributed by atoms with E-state index < -0.39 is 0 Å². The Balaban J connectivity index is 2.58. The highest BCUT2D eigenvalue weighted by Gasteiger charge is 2.14. The van der Waals surface area contributed by atoms with Gasteiger partial charge in [0, 0.05) is 11.6 Å². The van der Waals surface area contributed by atoms with Gasteiger partial charge in [0.15, 0.2) is 0 Å². The van der Waals surface area contributed by atoms with Gasteiger partial charge < -0.3 is 9.47 Å². The summed E-state index contributed by atoms with van der Waals surface area (Å²) in [5, 5.41) is 0.525. The smallest absolute Gasteiger partial charge is 0.338 e. The van der Waals surface area contributed by atoms with Crippen LogP contribution >= 0.6 is 11.6 Å². The van der Waals surface area contributed by atoms with Crippen LogP contribution in [0.5, 0.6) is 0 Å². The van der Waals surface area contributed by atoms with Crippen LogP contribution < -0.4 is 0 Å². The average molecular weight is 257 g/mol. The van der Waals surface area contributed by atoms with Crippen molar-refractivity contribution in [3.63, 3.8) is 0 Å². The molecule has 0 spiro atoms. The Morgan fingerprint density at radius 1 is 1.41 bits per heavy atom. The van der Waals surface area contributed by atoms with Gasteiger partial charge in [0.25, 0.3) is 0 Å². The number of benzene rings is 1. The second-order valence-electron chi connectivity index (χ2n) is 3.61. The molecule has 17 heavy (non-hydrogen) atoms. The van der Waals surface area contributed by atoms with E-state index in [4.69, 9.17) is 21.1 Å².